The number of carbonyl (C=O) groups is 1. The summed E-state index contributed by atoms with van der Waals surface area (Å²) in [4.78, 5) is 11.9. The average Bonchev–Trinajstić information content (AvgIpc) is 2.26. The van der Waals surface area contributed by atoms with Crippen LogP contribution in [0.25, 0.3) is 0 Å². The molecule has 0 unspecified atom stereocenters. The maximum Gasteiger partial charge on any atom is 0.251 e. The summed E-state index contributed by atoms with van der Waals surface area (Å²) in [5.74, 6) is -0.0796. The number of aryl methyl sites for hydroxylation is 2. The molecule has 94 valence electrons. The summed E-state index contributed by atoms with van der Waals surface area (Å²) in [5, 5.41) is 12.0. The number of aliphatic hydroxyl groups is 1. The first-order chi connectivity index (χ1) is 7.85. The number of hydrogen-bond donors (Lipinski definition) is 2. The largest absolute Gasteiger partial charge is 0.396 e. The number of nitrogens with one attached hydrogen (secondary N) is 1. The molecule has 1 amide bonds. The van der Waals surface area contributed by atoms with Gasteiger partial charge in [-0.15, -0.1) is 0 Å². The van der Waals surface area contributed by atoms with E-state index in [1.54, 1.807) is 0 Å². The van der Waals surface area contributed by atoms with Gasteiger partial charge in [-0.2, -0.15) is 0 Å². The third kappa shape index (κ3) is 3.86. The van der Waals surface area contributed by atoms with Crippen molar-refractivity contribution in [2.75, 3.05) is 13.2 Å². The van der Waals surface area contributed by atoms with Crippen LogP contribution in [-0.4, -0.2) is 24.2 Å². The van der Waals surface area contributed by atoms with Crippen molar-refractivity contribution < 1.29 is 9.90 Å². The fourth-order valence-electron chi connectivity index (χ4n) is 1.54. The topological polar surface area (TPSA) is 49.3 Å². The van der Waals surface area contributed by atoms with Crippen LogP contribution < -0.4 is 5.32 Å². The Morgan fingerprint density at radius 1 is 1.35 bits per heavy atom. The van der Waals surface area contributed by atoms with Gasteiger partial charge >= 0.3 is 0 Å². The van der Waals surface area contributed by atoms with Gasteiger partial charge in [-0.1, -0.05) is 31.5 Å². The first-order valence-corrected chi connectivity index (χ1v) is 5.82. The lowest BCUT2D eigenvalue weighted by Crippen LogP contribution is -2.36. The number of carbonyl (C=O) groups excluding carboxylic acids is 1. The van der Waals surface area contributed by atoms with Crippen molar-refractivity contribution in [3.8, 4) is 0 Å². The molecule has 0 spiro atoms. The van der Waals surface area contributed by atoms with Crippen molar-refractivity contribution in [2.45, 2.75) is 27.7 Å². The van der Waals surface area contributed by atoms with Crippen LogP contribution in [0.4, 0.5) is 0 Å². The van der Waals surface area contributed by atoms with Crippen LogP contribution in [0.5, 0.6) is 0 Å². The third-order valence-corrected chi connectivity index (χ3v) is 2.78. The fraction of sp³-hybridized carbons (Fsp3) is 0.500. The predicted octanol–water partition coefficient (Wildman–Crippen LogP) is 2.05. The Labute approximate surface area is 103 Å². The second-order valence-corrected chi connectivity index (χ2v) is 5.32. The molecule has 0 aromatic heterocycles. The molecule has 3 heteroatoms. The van der Waals surface area contributed by atoms with Gasteiger partial charge in [0.1, 0.15) is 0 Å². The molecular weight excluding hydrogens is 214 g/mol. The summed E-state index contributed by atoms with van der Waals surface area (Å²) in [7, 11) is 0. The summed E-state index contributed by atoms with van der Waals surface area (Å²) in [6.45, 7) is 8.28. The summed E-state index contributed by atoms with van der Waals surface area (Å²) in [6, 6.07) is 5.76. The van der Waals surface area contributed by atoms with Gasteiger partial charge in [0.15, 0.2) is 0 Å². The Bertz CT molecular complexity index is 411. The number of aliphatic hydroxyl groups excluding tert-OH is 1. The van der Waals surface area contributed by atoms with Gasteiger partial charge in [0, 0.05) is 24.1 Å². The lowest BCUT2D eigenvalue weighted by molar-refractivity contribution is 0.0910. The van der Waals surface area contributed by atoms with Crippen LogP contribution >= 0.6 is 0 Å². The minimum atomic E-state index is -0.283. The highest BCUT2D eigenvalue weighted by Gasteiger charge is 2.18. The number of amides is 1. The van der Waals surface area contributed by atoms with Gasteiger partial charge in [0.2, 0.25) is 0 Å². The van der Waals surface area contributed by atoms with Crippen LogP contribution in [0, 0.1) is 19.3 Å². The van der Waals surface area contributed by atoms with E-state index in [1.165, 1.54) is 0 Å². The molecule has 0 fully saturated rings. The molecule has 2 N–H and O–H groups in total. The van der Waals surface area contributed by atoms with E-state index in [-0.39, 0.29) is 17.9 Å². The first kappa shape index (κ1) is 13.7. The predicted molar refractivity (Wildman–Crippen MR) is 69.1 cm³/mol. The zero-order valence-electron chi connectivity index (χ0n) is 11.0. The Hall–Kier alpha value is -1.35. The van der Waals surface area contributed by atoms with E-state index in [4.69, 9.17) is 5.11 Å². The van der Waals surface area contributed by atoms with Crippen LogP contribution in [0.15, 0.2) is 18.2 Å². The standard InChI is InChI=1S/C14H21NO2/c1-10-5-6-12(11(2)7-10)13(17)15-8-14(3,4)9-16/h5-7,16H,8-9H2,1-4H3,(H,15,17). The molecule has 0 heterocycles. The van der Waals surface area contributed by atoms with Crippen LogP contribution in [0.1, 0.15) is 35.3 Å². The van der Waals surface area contributed by atoms with E-state index in [1.807, 2.05) is 45.9 Å². The molecule has 0 aliphatic carbocycles. The van der Waals surface area contributed by atoms with Crippen molar-refractivity contribution >= 4 is 5.91 Å². The number of benzene rings is 1. The van der Waals surface area contributed by atoms with E-state index < -0.39 is 0 Å². The maximum atomic E-state index is 11.9. The Kier molecular flexibility index (Phi) is 4.29. The molecule has 0 atom stereocenters. The second kappa shape index (κ2) is 5.32. The summed E-state index contributed by atoms with van der Waals surface area (Å²) >= 11 is 0. The molecular formula is C14H21NO2. The normalized spacial score (nSPS) is 11.4. The van der Waals surface area contributed by atoms with Gasteiger partial charge in [-0.25, -0.2) is 0 Å². The number of hydrogen-bond acceptors (Lipinski definition) is 2. The van der Waals surface area contributed by atoms with Crippen molar-refractivity contribution in [3.63, 3.8) is 0 Å². The molecule has 0 radical (unpaired) electrons. The quantitative estimate of drug-likeness (QED) is 0.839. The van der Waals surface area contributed by atoms with Gasteiger partial charge in [0.05, 0.1) is 0 Å². The third-order valence-electron chi connectivity index (χ3n) is 2.78. The van der Waals surface area contributed by atoms with Gasteiger partial charge in [0.25, 0.3) is 5.91 Å². The molecule has 0 bridgehead atoms. The molecule has 0 aliphatic rings. The lowest BCUT2D eigenvalue weighted by Gasteiger charge is -2.22. The summed E-state index contributed by atoms with van der Waals surface area (Å²) < 4.78 is 0. The molecule has 1 aromatic carbocycles. The molecule has 3 nitrogen and oxygen atoms in total. The average molecular weight is 235 g/mol. The molecule has 0 saturated carbocycles. The van der Waals surface area contributed by atoms with Gasteiger partial charge in [-0.05, 0) is 25.5 Å². The Balaban J connectivity index is 2.71. The fourth-order valence-corrected chi connectivity index (χ4v) is 1.54. The highest BCUT2D eigenvalue weighted by molar-refractivity contribution is 5.95. The summed E-state index contributed by atoms with van der Waals surface area (Å²) in [6.07, 6.45) is 0. The summed E-state index contributed by atoms with van der Waals surface area (Å²) in [5.41, 5.74) is 2.54. The van der Waals surface area contributed by atoms with Crippen LogP contribution in [0.3, 0.4) is 0 Å². The zero-order valence-corrected chi connectivity index (χ0v) is 11.0. The Morgan fingerprint density at radius 2 is 2.00 bits per heavy atom. The zero-order chi connectivity index (χ0) is 13.1. The number of rotatable bonds is 4. The molecule has 1 rings (SSSR count). The first-order valence-electron chi connectivity index (χ1n) is 5.82. The molecule has 0 aliphatic heterocycles. The highest BCUT2D eigenvalue weighted by Crippen LogP contribution is 2.13. The molecule has 17 heavy (non-hydrogen) atoms. The monoisotopic (exact) mass is 235 g/mol. The highest BCUT2D eigenvalue weighted by atomic mass is 16.3. The lowest BCUT2D eigenvalue weighted by atomic mass is 9.94. The van der Waals surface area contributed by atoms with Crippen LogP contribution in [-0.2, 0) is 0 Å². The van der Waals surface area contributed by atoms with Crippen molar-refractivity contribution in [2.24, 2.45) is 5.41 Å². The van der Waals surface area contributed by atoms with Gasteiger partial charge < -0.3 is 10.4 Å². The van der Waals surface area contributed by atoms with Crippen molar-refractivity contribution in [1.29, 1.82) is 0 Å². The second-order valence-electron chi connectivity index (χ2n) is 5.32. The van der Waals surface area contributed by atoms with E-state index in [2.05, 4.69) is 5.32 Å². The Morgan fingerprint density at radius 3 is 2.53 bits per heavy atom. The van der Waals surface area contributed by atoms with E-state index in [0.29, 0.717) is 12.1 Å². The van der Waals surface area contributed by atoms with E-state index >= 15 is 0 Å². The van der Waals surface area contributed by atoms with Crippen molar-refractivity contribution in [1.82, 2.24) is 5.32 Å². The molecule has 0 saturated heterocycles. The van der Waals surface area contributed by atoms with Crippen molar-refractivity contribution in [3.05, 3.63) is 34.9 Å². The van der Waals surface area contributed by atoms with E-state index in [0.717, 1.165) is 11.1 Å². The van der Waals surface area contributed by atoms with Gasteiger partial charge in [-0.3, -0.25) is 4.79 Å². The SMILES string of the molecule is Cc1ccc(C(=O)NCC(C)(C)CO)c(C)c1. The minimum Gasteiger partial charge on any atom is -0.396 e. The smallest absolute Gasteiger partial charge is 0.251 e. The minimum absolute atomic E-state index is 0.0557. The molecule has 1 aromatic rings. The van der Waals surface area contributed by atoms with E-state index in [9.17, 15) is 4.79 Å². The maximum absolute atomic E-state index is 11.9. The van der Waals surface area contributed by atoms with Crippen LogP contribution in [0.2, 0.25) is 0 Å².